The van der Waals surface area contributed by atoms with Gasteiger partial charge in [0.2, 0.25) is 11.1 Å². The van der Waals surface area contributed by atoms with Crippen molar-refractivity contribution in [1.29, 1.82) is 0 Å². The number of hydrogen-bond donors (Lipinski definition) is 1. The van der Waals surface area contributed by atoms with E-state index in [-0.39, 0.29) is 5.91 Å². The Morgan fingerprint density at radius 1 is 1.00 bits per heavy atom. The Morgan fingerprint density at radius 3 is 2.39 bits per heavy atom. The van der Waals surface area contributed by atoms with Crippen molar-refractivity contribution < 1.29 is 14.3 Å². The van der Waals surface area contributed by atoms with Gasteiger partial charge in [0.05, 0.1) is 18.0 Å². The fourth-order valence-electron chi connectivity index (χ4n) is 2.97. The molecule has 0 saturated heterocycles. The molecule has 0 bridgehead atoms. The Morgan fingerprint density at radius 2 is 1.70 bits per heavy atom. The molecule has 1 unspecified atom stereocenters. The molecular formula is C24H23N5O3S. The highest BCUT2D eigenvalue weighted by atomic mass is 32.2. The topological polar surface area (TPSA) is 91.2 Å². The summed E-state index contributed by atoms with van der Waals surface area (Å²) in [5.74, 6) is 1.32. The quantitative estimate of drug-likeness (QED) is 0.370. The summed E-state index contributed by atoms with van der Waals surface area (Å²) >= 11 is 1.28. The van der Waals surface area contributed by atoms with Crippen LogP contribution in [-0.4, -0.2) is 38.5 Å². The van der Waals surface area contributed by atoms with Gasteiger partial charge in [-0.2, -0.15) is 4.68 Å². The molecule has 0 aliphatic heterocycles. The predicted molar refractivity (Wildman–Crippen MR) is 127 cm³/mol. The number of anilines is 1. The number of nitrogens with zero attached hydrogens (tertiary/aromatic N) is 4. The summed E-state index contributed by atoms with van der Waals surface area (Å²) in [6.07, 6.45) is 0. The van der Waals surface area contributed by atoms with E-state index in [0.29, 0.717) is 17.5 Å². The molecule has 1 amide bonds. The fourth-order valence-corrected chi connectivity index (χ4v) is 3.78. The number of methoxy groups -OCH3 is 1. The standard InChI is InChI=1S/C24H23N5O3S/c1-17(33-24-26-27-28-29(24)20-10-14-21(31-2)15-11-20)23(30)25-19-8-12-22(13-9-19)32-16-18-6-4-3-5-7-18/h3-15,17H,16H2,1-2H3,(H,25,30). The Balaban J connectivity index is 1.33. The van der Waals surface area contributed by atoms with Crippen LogP contribution in [0, 0.1) is 0 Å². The molecule has 0 saturated carbocycles. The van der Waals surface area contributed by atoms with E-state index in [4.69, 9.17) is 9.47 Å². The Hall–Kier alpha value is -3.85. The van der Waals surface area contributed by atoms with Crippen LogP contribution in [0.1, 0.15) is 12.5 Å². The van der Waals surface area contributed by atoms with Gasteiger partial charge in [0.15, 0.2) is 0 Å². The van der Waals surface area contributed by atoms with Gasteiger partial charge in [-0.1, -0.05) is 42.1 Å². The van der Waals surface area contributed by atoms with Gasteiger partial charge in [-0.3, -0.25) is 4.79 Å². The first-order chi connectivity index (χ1) is 16.1. The number of nitrogens with one attached hydrogen (secondary N) is 1. The zero-order valence-electron chi connectivity index (χ0n) is 18.2. The number of carbonyl (C=O) groups excluding carboxylic acids is 1. The minimum Gasteiger partial charge on any atom is -0.497 e. The second-order valence-corrected chi connectivity index (χ2v) is 8.43. The number of ether oxygens (including phenoxy) is 2. The molecule has 3 aromatic carbocycles. The first-order valence-corrected chi connectivity index (χ1v) is 11.2. The molecule has 1 aromatic heterocycles. The molecule has 4 rings (SSSR count). The first-order valence-electron chi connectivity index (χ1n) is 10.3. The maximum Gasteiger partial charge on any atom is 0.237 e. The van der Waals surface area contributed by atoms with Gasteiger partial charge in [0.1, 0.15) is 18.1 Å². The molecule has 0 spiro atoms. The number of amides is 1. The van der Waals surface area contributed by atoms with Crippen molar-refractivity contribution in [2.24, 2.45) is 0 Å². The first kappa shape index (κ1) is 22.3. The summed E-state index contributed by atoms with van der Waals surface area (Å²) < 4.78 is 12.6. The van der Waals surface area contributed by atoms with Crippen molar-refractivity contribution in [3.63, 3.8) is 0 Å². The van der Waals surface area contributed by atoms with E-state index < -0.39 is 5.25 Å². The number of hydrogen-bond acceptors (Lipinski definition) is 7. The summed E-state index contributed by atoms with van der Waals surface area (Å²) in [6.45, 7) is 2.30. The smallest absolute Gasteiger partial charge is 0.237 e. The van der Waals surface area contributed by atoms with E-state index in [1.54, 1.807) is 11.8 Å². The minimum atomic E-state index is -0.415. The van der Waals surface area contributed by atoms with Crippen LogP contribution in [0.5, 0.6) is 11.5 Å². The number of rotatable bonds is 9. The average molecular weight is 462 g/mol. The van der Waals surface area contributed by atoms with E-state index >= 15 is 0 Å². The second kappa shape index (κ2) is 10.6. The molecule has 1 heterocycles. The monoisotopic (exact) mass is 461 g/mol. The van der Waals surface area contributed by atoms with Gasteiger partial charge in [0, 0.05) is 5.69 Å². The van der Waals surface area contributed by atoms with Crippen LogP contribution in [0.2, 0.25) is 0 Å². The van der Waals surface area contributed by atoms with Gasteiger partial charge >= 0.3 is 0 Å². The molecule has 168 valence electrons. The predicted octanol–water partition coefficient (Wildman–Crippen LogP) is 4.37. The summed E-state index contributed by atoms with van der Waals surface area (Å²) in [6, 6.07) is 24.6. The van der Waals surface area contributed by atoms with E-state index in [1.807, 2.05) is 85.8 Å². The summed E-state index contributed by atoms with van der Waals surface area (Å²) in [5.41, 5.74) is 2.56. The number of aromatic nitrogens is 4. The summed E-state index contributed by atoms with van der Waals surface area (Å²) in [4.78, 5) is 12.7. The molecule has 8 nitrogen and oxygen atoms in total. The molecule has 0 fully saturated rings. The zero-order valence-corrected chi connectivity index (χ0v) is 19.0. The van der Waals surface area contributed by atoms with Crippen LogP contribution in [0.25, 0.3) is 5.69 Å². The average Bonchev–Trinajstić information content (AvgIpc) is 3.32. The highest BCUT2D eigenvalue weighted by molar-refractivity contribution is 8.00. The van der Waals surface area contributed by atoms with Gasteiger partial charge in [-0.05, 0) is 71.4 Å². The number of carbonyl (C=O) groups is 1. The maximum absolute atomic E-state index is 12.7. The van der Waals surface area contributed by atoms with Crippen LogP contribution >= 0.6 is 11.8 Å². The lowest BCUT2D eigenvalue weighted by atomic mass is 10.2. The highest BCUT2D eigenvalue weighted by Crippen LogP contribution is 2.25. The summed E-state index contributed by atoms with van der Waals surface area (Å²) in [7, 11) is 1.61. The van der Waals surface area contributed by atoms with Gasteiger partial charge in [0.25, 0.3) is 0 Å². The molecule has 9 heteroatoms. The number of thioether (sulfide) groups is 1. The maximum atomic E-state index is 12.7. The van der Waals surface area contributed by atoms with Crippen molar-refractivity contribution in [2.75, 3.05) is 12.4 Å². The lowest BCUT2D eigenvalue weighted by molar-refractivity contribution is -0.115. The zero-order chi connectivity index (χ0) is 23.0. The van der Waals surface area contributed by atoms with E-state index in [1.165, 1.54) is 11.8 Å². The van der Waals surface area contributed by atoms with Crippen LogP contribution < -0.4 is 14.8 Å². The molecule has 1 N–H and O–H groups in total. The molecule has 4 aromatic rings. The Kier molecular flexibility index (Phi) is 7.21. The van der Waals surface area contributed by atoms with Crippen LogP contribution in [0.3, 0.4) is 0 Å². The molecule has 0 aliphatic carbocycles. The molecule has 1 atom stereocenters. The molecular weight excluding hydrogens is 438 g/mol. The van der Waals surface area contributed by atoms with Gasteiger partial charge in [-0.15, -0.1) is 5.10 Å². The number of benzene rings is 3. The Bertz CT molecular complexity index is 1180. The van der Waals surface area contributed by atoms with Crippen molar-refractivity contribution >= 4 is 23.4 Å². The normalized spacial score (nSPS) is 11.6. The minimum absolute atomic E-state index is 0.151. The Labute approximate surface area is 195 Å². The van der Waals surface area contributed by atoms with Crippen molar-refractivity contribution in [3.8, 4) is 17.2 Å². The third-order valence-electron chi connectivity index (χ3n) is 4.78. The largest absolute Gasteiger partial charge is 0.497 e. The van der Waals surface area contributed by atoms with Crippen molar-refractivity contribution in [1.82, 2.24) is 20.2 Å². The SMILES string of the molecule is COc1ccc(-n2nnnc2SC(C)C(=O)Nc2ccc(OCc3ccccc3)cc2)cc1. The second-order valence-electron chi connectivity index (χ2n) is 7.12. The van der Waals surface area contributed by atoms with E-state index in [9.17, 15) is 4.79 Å². The highest BCUT2D eigenvalue weighted by Gasteiger charge is 2.19. The lowest BCUT2D eigenvalue weighted by Crippen LogP contribution is -2.22. The molecule has 0 aliphatic rings. The van der Waals surface area contributed by atoms with Crippen molar-refractivity contribution in [3.05, 3.63) is 84.4 Å². The number of tetrazole rings is 1. The van der Waals surface area contributed by atoms with Crippen LogP contribution in [0.15, 0.2) is 84.0 Å². The van der Waals surface area contributed by atoms with E-state index in [0.717, 1.165) is 22.7 Å². The van der Waals surface area contributed by atoms with Gasteiger partial charge in [-0.25, -0.2) is 0 Å². The summed E-state index contributed by atoms with van der Waals surface area (Å²) in [5, 5.41) is 14.9. The molecule has 0 radical (unpaired) electrons. The third kappa shape index (κ3) is 5.89. The van der Waals surface area contributed by atoms with Crippen LogP contribution in [0.4, 0.5) is 5.69 Å². The van der Waals surface area contributed by atoms with E-state index in [2.05, 4.69) is 20.8 Å². The lowest BCUT2D eigenvalue weighted by Gasteiger charge is -2.12. The fraction of sp³-hybridized carbons (Fsp3) is 0.167. The molecule has 33 heavy (non-hydrogen) atoms. The van der Waals surface area contributed by atoms with Crippen LogP contribution in [-0.2, 0) is 11.4 Å². The van der Waals surface area contributed by atoms with Gasteiger partial charge < -0.3 is 14.8 Å². The van der Waals surface area contributed by atoms with Crippen molar-refractivity contribution in [2.45, 2.75) is 23.9 Å². The third-order valence-corrected chi connectivity index (χ3v) is 5.81.